The summed E-state index contributed by atoms with van der Waals surface area (Å²) in [5.41, 5.74) is 1.26. The van der Waals surface area contributed by atoms with Crippen LogP contribution in [0.25, 0.3) is 0 Å². The summed E-state index contributed by atoms with van der Waals surface area (Å²) in [7, 11) is 0. The third-order valence-electron chi connectivity index (χ3n) is 3.20. The molecule has 0 radical (unpaired) electrons. The first-order chi connectivity index (χ1) is 7.70. The Hall–Kier alpha value is -0.280. The predicted molar refractivity (Wildman–Crippen MR) is 67.1 cm³/mol. The number of nitrogens with zero attached hydrogens (tertiary/aromatic N) is 1. The maximum Gasteiger partial charge on any atom is 0.0956 e. The first kappa shape index (κ1) is 12.2. The van der Waals surface area contributed by atoms with Gasteiger partial charge in [0.2, 0.25) is 0 Å². The molecule has 16 heavy (non-hydrogen) atoms. The highest BCUT2D eigenvalue weighted by Crippen LogP contribution is 2.32. The smallest absolute Gasteiger partial charge is 0.0956 e. The standard InChI is InChI=1S/C12H15Cl2NO/c13-11-2-1-10(7-12(11)14)9-3-5-15(8-16)6-4-9/h1-2,7,9,16H,3-6,8H2. The van der Waals surface area contributed by atoms with Gasteiger partial charge in [-0.15, -0.1) is 0 Å². The Morgan fingerprint density at radius 3 is 2.44 bits per heavy atom. The van der Waals surface area contributed by atoms with Crippen LogP contribution in [0.15, 0.2) is 18.2 Å². The molecule has 1 aromatic rings. The van der Waals surface area contributed by atoms with E-state index in [2.05, 4.69) is 0 Å². The van der Waals surface area contributed by atoms with Crippen LogP contribution >= 0.6 is 23.2 Å². The summed E-state index contributed by atoms with van der Waals surface area (Å²) >= 11 is 11.9. The average molecular weight is 260 g/mol. The number of hydrogen-bond acceptors (Lipinski definition) is 2. The largest absolute Gasteiger partial charge is 0.381 e. The Labute approximate surface area is 106 Å². The fourth-order valence-electron chi connectivity index (χ4n) is 2.17. The van der Waals surface area contributed by atoms with Gasteiger partial charge in [0.15, 0.2) is 0 Å². The van der Waals surface area contributed by atoms with Gasteiger partial charge in [-0.25, -0.2) is 0 Å². The van der Waals surface area contributed by atoms with Crippen molar-refractivity contribution < 1.29 is 5.11 Å². The first-order valence-corrected chi connectivity index (χ1v) is 6.24. The first-order valence-electron chi connectivity index (χ1n) is 5.49. The SMILES string of the molecule is OCN1CCC(c2ccc(Cl)c(Cl)c2)CC1. The third kappa shape index (κ3) is 2.69. The molecule has 1 saturated heterocycles. The highest BCUT2D eigenvalue weighted by atomic mass is 35.5. The van der Waals surface area contributed by atoms with Crippen LogP contribution in [0.5, 0.6) is 0 Å². The minimum absolute atomic E-state index is 0.161. The second-order valence-corrected chi connectivity index (χ2v) is 5.02. The maximum atomic E-state index is 9.02. The summed E-state index contributed by atoms with van der Waals surface area (Å²) in [5, 5.41) is 10.3. The Kier molecular flexibility index (Phi) is 4.09. The zero-order valence-corrected chi connectivity index (χ0v) is 10.5. The zero-order valence-electron chi connectivity index (χ0n) is 9.00. The molecule has 0 unspecified atom stereocenters. The van der Waals surface area contributed by atoms with Crippen LogP contribution in [0.2, 0.25) is 10.0 Å². The van der Waals surface area contributed by atoms with E-state index in [0.717, 1.165) is 25.9 Å². The summed E-state index contributed by atoms with van der Waals surface area (Å²) < 4.78 is 0. The summed E-state index contributed by atoms with van der Waals surface area (Å²) in [6.45, 7) is 2.05. The number of benzene rings is 1. The van der Waals surface area contributed by atoms with Crippen molar-refractivity contribution in [3.63, 3.8) is 0 Å². The average Bonchev–Trinajstić information content (AvgIpc) is 2.33. The quantitative estimate of drug-likeness (QED) is 0.883. The van der Waals surface area contributed by atoms with Gasteiger partial charge in [0, 0.05) is 13.1 Å². The lowest BCUT2D eigenvalue weighted by Crippen LogP contribution is -2.33. The van der Waals surface area contributed by atoms with Crippen LogP contribution in [0.1, 0.15) is 24.3 Å². The van der Waals surface area contributed by atoms with E-state index in [4.69, 9.17) is 28.3 Å². The van der Waals surface area contributed by atoms with Gasteiger partial charge in [0.05, 0.1) is 16.8 Å². The van der Waals surface area contributed by atoms with Crippen LogP contribution in [0.3, 0.4) is 0 Å². The number of rotatable bonds is 2. The molecular weight excluding hydrogens is 245 g/mol. The van der Waals surface area contributed by atoms with Gasteiger partial charge in [-0.05, 0) is 36.5 Å². The number of likely N-dealkylation sites (tertiary alicyclic amines) is 1. The second kappa shape index (κ2) is 5.37. The van der Waals surface area contributed by atoms with E-state index >= 15 is 0 Å². The zero-order chi connectivity index (χ0) is 11.5. The maximum absolute atomic E-state index is 9.02. The van der Waals surface area contributed by atoms with Crippen molar-refractivity contribution in [2.24, 2.45) is 0 Å². The number of hydrogen-bond donors (Lipinski definition) is 1. The highest BCUT2D eigenvalue weighted by molar-refractivity contribution is 6.42. The predicted octanol–water partition coefficient (Wildman–Crippen LogP) is 3.12. The summed E-state index contributed by atoms with van der Waals surface area (Å²) in [5.74, 6) is 0.539. The van der Waals surface area contributed by atoms with Crippen molar-refractivity contribution in [3.05, 3.63) is 33.8 Å². The highest BCUT2D eigenvalue weighted by Gasteiger charge is 2.20. The molecule has 0 bridgehead atoms. The number of aliphatic hydroxyl groups is 1. The minimum atomic E-state index is 0.161. The molecule has 0 saturated carbocycles. The van der Waals surface area contributed by atoms with Crippen molar-refractivity contribution >= 4 is 23.2 Å². The van der Waals surface area contributed by atoms with E-state index < -0.39 is 0 Å². The summed E-state index contributed by atoms with van der Waals surface area (Å²) in [4.78, 5) is 2.05. The molecule has 0 spiro atoms. The molecule has 2 rings (SSSR count). The van der Waals surface area contributed by atoms with E-state index in [-0.39, 0.29) is 6.73 Å². The number of aliphatic hydroxyl groups excluding tert-OH is 1. The molecule has 0 aliphatic carbocycles. The van der Waals surface area contributed by atoms with Crippen LogP contribution in [0.4, 0.5) is 0 Å². The van der Waals surface area contributed by atoms with Gasteiger partial charge in [-0.1, -0.05) is 29.3 Å². The van der Waals surface area contributed by atoms with Gasteiger partial charge in [0.25, 0.3) is 0 Å². The van der Waals surface area contributed by atoms with Crippen molar-refractivity contribution in [3.8, 4) is 0 Å². The second-order valence-electron chi connectivity index (χ2n) is 4.21. The van der Waals surface area contributed by atoms with E-state index in [1.54, 1.807) is 0 Å². The van der Waals surface area contributed by atoms with Crippen LogP contribution in [-0.2, 0) is 0 Å². The van der Waals surface area contributed by atoms with E-state index in [0.29, 0.717) is 16.0 Å². The molecule has 2 nitrogen and oxygen atoms in total. The fourth-order valence-corrected chi connectivity index (χ4v) is 2.48. The van der Waals surface area contributed by atoms with E-state index in [9.17, 15) is 0 Å². The number of halogens is 2. The molecular formula is C12H15Cl2NO. The van der Waals surface area contributed by atoms with Crippen molar-refractivity contribution in [2.45, 2.75) is 18.8 Å². The third-order valence-corrected chi connectivity index (χ3v) is 3.94. The lowest BCUT2D eigenvalue weighted by atomic mass is 9.90. The molecule has 0 aromatic heterocycles. The Balaban J connectivity index is 2.05. The molecule has 1 heterocycles. The molecule has 88 valence electrons. The van der Waals surface area contributed by atoms with Crippen molar-refractivity contribution in [1.29, 1.82) is 0 Å². The van der Waals surface area contributed by atoms with Crippen LogP contribution in [0, 0.1) is 0 Å². The summed E-state index contributed by atoms with van der Waals surface area (Å²) in [6.07, 6.45) is 2.14. The van der Waals surface area contributed by atoms with Crippen molar-refractivity contribution in [1.82, 2.24) is 4.90 Å². The number of piperidine rings is 1. The molecule has 0 atom stereocenters. The Bertz CT molecular complexity index is 362. The monoisotopic (exact) mass is 259 g/mol. The van der Waals surface area contributed by atoms with E-state index in [1.165, 1.54) is 5.56 Å². The Morgan fingerprint density at radius 2 is 1.88 bits per heavy atom. The normalized spacial score (nSPS) is 18.9. The lowest BCUT2D eigenvalue weighted by molar-refractivity contribution is 0.0837. The van der Waals surface area contributed by atoms with Gasteiger partial charge in [-0.3, -0.25) is 4.90 Å². The lowest BCUT2D eigenvalue weighted by Gasteiger charge is -2.30. The molecule has 4 heteroatoms. The van der Waals surface area contributed by atoms with E-state index in [1.807, 2.05) is 23.1 Å². The Morgan fingerprint density at radius 1 is 1.19 bits per heavy atom. The summed E-state index contributed by atoms with van der Waals surface area (Å²) in [6, 6.07) is 5.87. The molecule has 1 fully saturated rings. The van der Waals surface area contributed by atoms with Crippen LogP contribution in [-0.4, -0.2) is 29.8 Å². The fraction of sp³-hybridized carbons (Fsp3) is 0.500. The van der Waals surface area contributed by atoms with Gasteiger partial charge in [0.1, 0.15) is 0 Å². The minimum Gasteiger partial charge on any atom is -0.381 e. The van der Waals surface area contributed by atoms with Crippen LogP contribution < -0.4 is 0 Å². The topological polar surface area (TPSA) is 23.5 Å². The molecule has 0 amide bonds. The molecule has 1 N–H and O–H groups in total. The van der Waals surface area contributed by atoms with Gasteiger partial charge in [-0.2, -0.15) is 0 Å². The molecule has 1 aromatic carbocycles. The molecule has 1 aliphatic rings. The van der Waals surface area contributed by atoms with Crippen molar-refractivity contribution in [2.75, 3.05) is 19.8 Å². The van der Waals surface area contributed by atoms with Gasteiger partial charge < -0.3 is 5.11 Å². The molecule has 1 aliphatic heterocycles. The van der Waals surface area contributed by atoms with Gasteiger partial charge >= 0.3 is 0 Å².